The van der Waals surface area contributed by atoms with Gasteiger partial charge in [-0.15, -0.1) is 0 Å². The third-order valence-corrected chi connectivity index (χ3v) is 5.72. The lowest BCUT2D eigenvalue weighted by Crippen LogP contribution is -2.28. The summed E-state index contributed by atoms with van der Waals surface area (Å²) in [5, 5.41) is 10.5. The average molecular weight is 408 g/mol. The molecule has 142 valence electrons. The lowest BCUT2D eigenvalue weighted by Gasteiger charge is -2.13. The predicted molar refractivity (Wildman–Crippen MR) is 102 cm³/mol. The summed E-state index contributed by atoms with van der Waals surface area (Å²) in [4.78, 5) is -0.00586. The fraction of sp³-hybridized carbons (Fsp3) is 0.158. The SMILES string of the molecule is COc1ccc(S(=O)(=O)NCC(O)c2ccc(-c3ccco3)cc2)cc1Cl. The molecule has 3 rings (SSSR count). The Labute approximate surface area is 162 Å². The highest BCUT2D eigenvalue weighted by atomic mass is 35.5. The van der Waals surface area contributed by atoms with Crippen molar-refractivity contribution in [3.05, 3.63) is 71.4 Å². The highest BCUT2D eigenvalue weighted by molar-refractivity contribution is 7.89. The van der Waals surface area contributed by atoms with Crippen LogP contribution >= 0.6 is 11.6 Å². The van der Waals surface area contributed by atoms with E-state index in [2.05, 4.69) is 4.72 Å². The van der Waals surface area contributed by atoms with Gasteiger partial charge >= 0.3 is 0 Å². The van der Waals surface area contributed by atoms with E-state index >= 15 is 0 Å². The quantitative estimate of drug-likeness (QED) is 0.624. The zero-order valence-electron chi connectivity index (χ0n) is 14.4. The van der Waals surface area contributed by atoms with E-state index in [0.717, 1.165) is 5.56 Å². The molecule has 0 saturated heterocycles. The van der Waals surface area contributed by atoms with Gasteiger partial charge in [0.25, 0.3) is 0 Å². The van der Waals surface area contributed by atoms with Crippen molar-refractivity contribution in [2.75, 3.05) is 13.7 Å². The fourth-order valence-electron chi connectivity index (χ4n) is 2.52. The Bertz CT molecular complexity index is 1000. The van der Waals surface area contributed by atoms with Crippen LogP contribution in [0.15, 0.2) is 70.2 Å². The Morgan fingerprint density at radius 3 is 2.52 bits per heavy atom. The molecule has 1 heterocycles. The van der Waals surface area contributed by atoms with Gasteiger partial charge in [-0.1, -0.05) is 35.9 Å². The first-order chi connectivity index (χ1) is 12.9. The highest BCUT2D eigenvalue weighted by Gasteiger charge is 2.18. The first-order valence-electron chi connectivity index (χ1n) is 8.06. The maximum absolute atomic E-state index is 12.4. The number of rotatable bonds is 7. The van der Waals surface area contributed by atoms with Crippen molar-refractivity contribution in [2.24, 2.45) is 0 Å². The highest BCUT2D eigenvalue weighted by Crippen LogP contribution is 2.27. The number of hydrogen-bond acceptors (Lipinski definition) is 5. The van der Waals surface area contributed by atoms with Gasteiger partial charge in [0.15, 0.2) is 0 Å². The summed E-state index contributed by atoms with van der Waals surface area (Å²) in [6, 6.07) is 14.8. The summed E-state index contributed by atoms with van der Waals surface area (Å²) in [6.07, 6.45) is 0.581. The maximum atomic E-state index is 12.4. The topological polar surface area (TPSA) is 88.8 Å². The molecular formula is C19H18ClNO5S. The van der Waals surface area contributed by atoms with E-state index in [0.29, 0.717) is 17.1 Å². The molecule has 0 saturated carbocycles. The van der Waals surface area contributed by atoms with Gasteiger partial charge in [-0.05, 0) is 35.9 Å². The predicted octanol–water partition coefficient (Wildman–Crippen LogP) is 3.62. The molecule has 27 heavy (non-hydrogen) atoms. The molecule has 8 heteroatoms. The second-order valence-corrected chi connectivity index (χ2v) is 7.94. The van der Waals surface area contributed by atoms with E-state index < -0.39 is 16.1 Å². The molecule has 0 aliphatic heterocycles. The van der Waals surface area contributed by atoms with Crippen LogP contribution in [-0.4, -0.2) is 27.2 Å². The molecule has 3 aromatic rings. The third-order valence-electron chi connectivity index (χ3n) is 4.00. The van der Waals surface area contributed by atoms with Crippen LogP contribution in [0.25, 0.3) is 11.3 Å². The number of nitrogens with one attached hydrogen (secondary N) is 1. The normalized spacial score (nSPS) is 12.7. The van der Waals surface area contributed by atoms with Crippen LogP contribution in [-0.2, 0) is 10.0 Å². The van der Waals surface area contributed by atoms with Gasteiger partial charge in [-0.25, -0.2) is 13.1 Å². The largest absolute Gasteiger partial charge is 0.495 e. The van der Waals surface area contributed by atoms with E-state index in [-0.39, 0.29) is 16.5 Å². The first-order valence-corrected chi connectivity index (χ1v) is 9.92. The first kappa shape index (κ1) is 19.4. The van der Waals surface area contributed by atoms with E-state index in [1.807, 2.05) is 6.07 Å². The summed E-state index contributed by atoms with van der Waals surface area (Å²) in [5.41, 5.74) is 1.45. The second-order valence-electron chi connectivity index (χ2n) is 5.76. The number of methoxy groups -OCH3 is 1. The van der Waals surface area contributed by atoms with Gasteiger partial charge < -0.3 is 14.3 Å². The van der Waals surface area contributed by atoms with E-state index in [1.54, 1.807) is 36.6 Å². The van der Waals surface area contributed by atoms with Gasteiger partial charge in [0.1, 0.15) is 11.5 Å². The summed E-state index contributed by atoms with van der Waals surface area (Å²) in [5.74, 6) is 1.10. The van der Waals surface area contributed by atoms with Crippen molar-refractivity contribution in [2.45, 2.75) is 11.0 Å². The monoisotopic (exact) mass is 407 g/mol. The molecule has 1 aromatic heterocycles. The summed E-state index contributed by atoms with van der Waals surface area (Å²) < 4.78 is 37.5. The Morgan fingerprint density at radius 1 is 1.19 bits per heavy atom. The van der Waals surface area contributed by atoms with Crippen LogP contribution in [0.4, 0.5) is 0 Å². The molecule has 0 amide bonds. The number of halogens is 1. The zero-order valence-corrected chi connectivity index (χ0v) is 16.0. The summed E-state index contributed by atoms with van der Waals surface area (Å²) in [7, 11) is -2.37. The molecule has 0 spiro atoms. The van der Waals surface area contributed by atoms with Crippen molar-refractivity contribution in [3.8, 4) is 17.1 Å². The molecule has 1 unspecified atom stereocenters. The van der Waals surface area contributed by atoms with Crippen molar-refractivity contribution >= 4 is 21.6 Å². The van der Waals surface area contributed by atoms with Gasteiger partial charge in [-0.2, -0.15) is 0 Å². The number of aliphatic hydroxyl groups is 1. The molecule has 0 bridgehead atoms. The lowest BCUT2D eigenvalue weighted by atomic mass is 10.1. The van der Waals surface area contributed by atoms with Crippen molar-refractivity contribution in [3.63, 3.8) is 0 Å². The molecule has 1 atom stereocenters. The number of hydrogen-bond donors (Lipinski definition) is 2. The minimum absolute atomic E-state index is 0.00586. The van der Waals surface area contributed by atoms with Crippen LogP contribution in [0.3, 0.4) is 0 Å². The smallest absolute Gasteiger partial charge is 0.240 e. The number of sulfonamides is 1. The standard InChI is InChI=1S/C19H18ClNO5S/c1-25-19-9-8-15(11-16(19)20)27(23,24)21-12-17(22)13-4-6-14(7-5-13)18-3-2-10-26-18/h2-11,17,21-22H,12H2,1H3. The Balaban J connectivity index is 1.67. The van der Waals surface area contributed by atoms with Crippen LogP contribution in [0.1, 0.15) is 11.7 Å². The van der Waals surface area contributed by atoms with Gasteiger partial charge in [0.2, 0.25) is 10.0 Å². The Hall–Kier alpha value is -2.32. The minimum Gasteiger partial charge on any atom is -0.495 e. The van der Waals surface area contributed by atoms with Gasteiger partial charge in [0, 0.05) is 12.1 Å². The van der Waals surface area contributed by atoms with Crippen LogP contribution in [0, 0.1) is 0 Å². The van der Waals surface area contributed by atoms with Crippen molar-refractivity contribution < 1.29 is 22.7 Å². The van der Waals surface area contributed by atoms with Crippen LogP contribution < -0.4 is 9.46 Å². The average Bonchev–Trinajstić information content (AvgIpc) is 3.21. The van der Waals surface area contributed by atoms with Crippen LogP contribution in [0.5, 0.6) is 5.75 Å². The molecular weight excluding hydrogens is 390 g/mol. The zero-order chi connectivity index (χ0) is 19.4. The van der Waals surface area contributed by atoms with Gasteiger partial charge in [-0.3, -0.25) is 0 Å². The number of ether oxygens (including phenoxy) is 1. The van der Waals surface area contributed by atoms with E-state index in [1.165, 1.54) is 25.3 Å². The molecule has 0 aliphatic carbocycles. The minimum atomic E-state index is -3.82. The van der Waals surface area contributed by atoms with E-state index in [4.69, 9.17) is 20.8 Å². The maximum Gasteiger partial charge on any atom is 0.240 e. The molecule has 0 fully saturated rings. The molecule has 2 N–H and O–H groups in total. The number of benzene rings is 2. The number of furan rings is 1. The molecule has 0 aliphatic rings. The lowest BCUT2D eigenvalue weighted by molar-refractivity contribution is 0.182. The third kappa shape index (κ3) is 4.51. The van der Waals surface area contributed by atoms with Crippen molar-refractivity contribution in [1.29, 1.82) is 0 Å². The van der Waals surface area contributed by atoms with Crippen LogP contribution in [0.2, 0.25) is 5.02 Å². The second kappa shape index (κ2) is 8.14. The fourth-order valence-corrected chi connectivity index (χ4v) is 3.90. The summed E-state index contributed by atoms with van der Waals surface area (Å²) in [6.45, 7) is -0.175. The summed E-state index contributed by atoms with van der Waals surface area (Å²) >= 11 is 5.98. The molecule has 6 nitrogen and oxygen atoms in total. The Kier molecular flexibility index (Phi) is 5.86. The number of aliphatic hydroxyl groups excluding tert-OH is 1. The van der Waals surface area contributed by atoms with E-state index in [9.17, 15) is 13.5 Å². The molecule has 2 aromatic carbocycles. The van der Waals surface area contributed by atoms with Crippen molar-refractivity contribution in [1.82, 2.24) is 4.72 Å². The van der Waals surface area contributed by atoms with Gasteiger partial charge in [0.05, 0.1) is 29.4 Å². The Morgan fingerprint density at radius 2 is 1.93 bits per heavy atom. The molecule has 0 radical (unpaired) electrons.